The molecule has 2 rings (SSSR count). The Hall–Kier alpha value is -1.61. The fourth-order valence-electron chi connectivity index (χ4n) is 2.02. The van der Waals surface area contributed by atoms with E-state index in [1.807, 2.05) is 30.3 Å². The highest BCUT2D eigenvalue weighted by molar-refractivity contribution is 5.96. The van der Waals surface area contributed by atoms with E-state index in [1.165, 1.54) is 6.08 Å². The third-order valence-corrected chi connectivity index (χ3v) is 2.86. The Balaban J connectivity index is 2.23. The molecule has 1 heterocycles. The van der Waals surface area contributed by atoms with Crippen molar-refractivity contribution in [2.75, 3.05) is 24.5 Å². The van der Waals surface area contributed by atoms with Gasteiger partial charge in [0.25, 0.3) is 0 Å². The van der Waals surface area contributed by atoms with Crippen molar-refractivity contribution in [2.24, 2.45) is 0 Å². The van der Waals surface area contributed by atoms with E-state index >= 15 is 0 Å². The van der Waals surface area contributed by atoms with Crippen molar-refractivity contribution in [3.05, 3.63) is 43.0 Å². The summed E-state index contributed by atoms with van der Waals surface area (Å²) >= 11 is 0. The van der Waals surface area contributed by atoms with Crippen LogP contribution >= 0.6 is 0 Å². The minimum Gasteiger partial charge on any atom is -0.359 e. The number of hydrogen-bond donors (Lipinski definition) is 1. The molecule has 1 N–H and O–H groups in total. The van der Waals surface area contributed by atoms with Gasteiger partial charge in [0.15, 0.2) is 5.78 Å². The highest BCUT2D eigenvalue weighted by Gasteiger charge is 2.26. The number of piperazine rings is 1. The van der Waals surface area contributed by atoms with Gasteiger partial charge in [-0.3, -0.25) is 4.79 Å². The average molecular weight is 216 g/mol. The molecule has 0 aliphatic carbocycles. The van der Waals surface area contributed by atoms with Crippen molar-refractivity contribution >= 4 is 11.5 Å². The summed E-state index contributed by atoms with van der Waals surface area (Å²) in [5.41, 5.74) is 1.10. The maximum atomic E-state index is 11.8. The number of carbonyl (C=O) groups excluding carboxylic acids is 1. The average Bonchev–Trinajstić information content (AvgIpc) is 2.39. The molecule has 0 amide bonds. The molecule has 1 saturated heterocycles. The van der Waals surface area contributed by atoms with Crippen molar-refractivity contribution < 1.29 is 4.79 Å². The van der Waals surface area contributed by atoms with Gasteiger partial charge in [-0.25, -0.2) is 0 Å². The molecule has 84 valence electrons. The summed E-state index contributed by atoms with van der Waals surface area (Å²) in [4.78, 5) is 13.9. The van der Waals surface area contributed by atoms with Gasteiger partial charge in [-0.1, -0.05) is 24.8 Å². The van der Waals surface area contributed by atoms with E-state index in [0.29, 0.717) is 6.54 Å². The molecule has 1 atom stereocenters. The number of ketones is 1. The van der Waals surface area contributed by atoms with Crippen LogP contribution in [0.4, 0.5) is 5.69 Å². The number of rotatable bonds is 3. The maximum Gasteiger partial charge on any atom is 0.178 e. The maximum absolute atomic E-state index is 11.8. The van der Waals surface area contributed by atoms with Gasteiger partial charge in [0.1, 0.15) is 6.04 Å². The van der Waals surface area contributed by atoms with Crippen LogP contribution < -0.4 is 10.2 Å². The van der Waals surface area contributed by atoms with Gasteiger partial charge >= 0.3 is 0 Å². The molecular formula is C13H16N2O. The summed E-state index contributed by atoms with van der Waals surface area (Å²) in [5, 5.41) is 3.24. The summed E-state index contributed by atoms with van der Waals surface area (Å²) < 4.78 is 0. The molecule has 0 bridgehead atoms. The number of nitrogens with one attached hydrogen (secondary N) is 1. The Bertz CT molecular complexity index is 375. The lowest BCUT2D eigenvalue weighted by Gasteiger charge is -2.36. The lowest BCUT2D eigenvalue weighted by atomic mass is 10.1. The molecule has 0 radical (unpaired) electrons. The fourth-order valence-corrected chi connectivity index (χ4v) is 2.02. The Morgan fingerprint density at radius 3 is 2.88 bits per heavy atom. The zero-order valence-corrected chi connectivity index (χ0v) is 9.23. The summed E-state index contributed by atoms with van der Waals surface area (Å²) in [7, 11) is 0. The van der Waals surface area contributed by atoms with Crippen molar-refractivity contribution in [3.8, 4) is 0 Å². The van der Waals surface area contributed by atoms with Crippen molar-refractivity contribution in [3.63, 3.8) is 0 Å². The van der Waals surface area contributed by atoms with E-state index in [1.54, 1.807) is 0 Å². The molecule has 16 heavy (non-hydrogen) atoms. The van der Waals surface area contributed by atoms with Gasteiger partial charge in [-0.05, 0) is 18.2 Å². The van der Waals surface area contributed by atoms with Gasteiger partial charge in [0.05, 0.1) is 0 Å². The van der Waals surface area contributed by atoms with E-state index in [-0.39, 0.29) is 11.8 Å². The number of benzene rings is 1. The highest BCUT2D eigenvalue weighted by Crippen LogP contribution is 2.18. The Labute approximate surface area is 95.8 Å². The quantitative estimate of drug-likeness (QED) is 0.771. The molecule has 1 fully saturated rings. The standard InChI is InChI=1S/C13H16N2O/c1-2-13(16)12-10-14-8-9-15(12)11-6-4-3-5-7-11/h2-7,12,14H,1,8-10H2. The van der Waals surface area contributed by atoms with Crippen LogP contribution in [-0.4, -0.2) is 31.5 Å². The molecule has 1 aliphatic rings. The monoisotopic (exact) mass is 216 g/mol. The van der Waals surface area contributed by atoms with Crippen molar-refractivity contribution in [1.29, 1.82) is 0 Å². The lowest BCUT2D eigenvalue weighted by molar-refractivity contribution is -0.115. The first-order chi connectivity index (χ1) is 7.83. The number of hydrogen-bond acceptors (Lipinski definition) is 3. The lowest BCUT2D eigenvalue weighted by Crippen LogP contribution is -2.54. The molecule has 1 unspecified atom stereocenters. The second-order valence-electron chi connectivity index (χ2n) is 3.86. The summed E-state index contributed by atoms with van der Waals surface area (Å²) in [6.45, 7) is 6.02. The predicted octanol–water partition coefficient (Wildman–Crippen LogP) is 1.22. The van der Waals surface area contributed by atoms with Crippen LogP contribution in [0.3, 0.4) is 0 Å². The Morgan fingerprint density at radius 1 is 1.44 bits per heavy atom. The van der Waals surface area contributed by atoms with E-state index in [9.17, 15) is 4.79 Å². The number of para-hydroxylation sites is 1. The van der Waals surface area contributed by atoms with Crippen LogP contribution in [0.25, 0.3) is 0 Å². The second-order valence-corrected chi connectivity index (χ2v) is 3.86. The topological polar surface area (TPSA) is 32.3 Å². The number of nitrogens with zero attached hydrogens (tertiary/aromatic N) is 1. The first-order valence-corrected chi connectivity index (χ1v) is 5.51. The molecule has 1 aliphatic heterocycles. The van der Waals surface area contributed by atoms with Crippen molar-refractivity contribution in [2.45, 2.75) is 6.04 Å². The molecule has 1 aromatic rings. The van der Waals surface area contributed by atoms with E-state index in [0.717, 1.165) is 18.8 Å². The van der Waals surface area contributed by atoms with E-state index in [2.05, 4.69) is 16.8 Å². The summed E-state index contributed by atoms with van der Waals surface area (Å²) in [6.07, 6.45) is 1.41. The van der Waals surface area contributed by atoms with Gasteiger partial charge in [0.2, 0.25) is 0 Å². The number of anilines is 1. The third-order valence-electron chi connectivity index (χ3n) is 2.86. The van der Waals surface area contributed by atoms with Crippen LogP contribution in [0.5, 0.6) is 0 Å². The molecular weight excluding hydrogens is 200 g/mol. The second kappa shape index (κ2) is 4.94. The van der Waals surface area contributed by atoms with Crippen LogP contribution in [0, 0.1) is 0 Å². The fraction of sp³-hybridized carbons (Fsp3) is 0.308. The zero-order chi connectivity index (χ0) is 11.4. The smallest absolute Gasteiger partial charge is 0.178 e. The van der Waals surface area contributed by atoms with Crippen LogP contribution in [0.2, 0.25) is 0 Å². The largest absolute Gasteiger partial charge is 0.359 e. The summed E-state index contributed by atoms with van der Waals surface area (Å²) in [6, 6.07) is 9.92. The normalized spacial score (nSPS) is 20.5. The first-order valence-electron chi connectivity index (χ1n) is 5.51. The highest BCUT2D eigenvalue weighted by atomic mass is 16.1. The molecule has 0 saturated carbocycles. The third kappa shape index (κ3) is 2.14. The predicted molar refractivity (Wildman–Crippen MR) is 65.6 cm³/mol. The van der Waals surface area contributed by atoms with Gasteiger partial charge in [-0.15, -0.1) is 0 Å². The van der Waals surface area contributed by atoms with E-state index in [4.69, 9.17) is 0 Å². The van der Waals surface area contributed by atoms with Gasteiger partial charge in [-0.2, -0.15) is 0 Å². The van der Waals surface area contributed by atoms with Crippen molar-refractivity contribution in [1.82, 2.24) is 5.32 Å². The first kappa shape index (κ1) is 10.9. The number of carbonyl (C=O) groups is 1. The van der Waals surface area contributed by atoms with Crippen LogP contribution in [0.15, 0.2) is 43.0 Å². The van der Waals surface area contributed by atoms with Gasteiger partial charge in [0, 0.05) is 25.3 Å². The molecule has 0 aromatic heterocycles. The Morgan fingerprint density at radius 2 is 2.19 bits per heavy atom. The molecule has 0 spiro atoms. The minimum atomic E-state index is -0.117. The molecule has 1 aromatic carbocycles. The van der Waals surface area contributed by atoms with Crippen LogP contribution in [0.1, 0.15) is 0 Å². The van der Waals surface area contributed by atoms with Crippen LogP contribution in [-0.2, 0) is 4.79 Å². The van der Waals surface area contributed by atoms with Gasteiger partial charge < -0.3 is 10.2 Å². The SMILES string of the molecule is C=CC(=O)C1CNCCN1c1ccccc1. The Kier molecular flexibility index (Phi) is 3.37. The molecule has 3 heteroatoms. The zero-order valence-electron chi connectivity index (χ0n) is 9.23. The minimum absolute atomic E-state index is 0.0797. The van der Waals surface area contributed by atoms with E-state index < -0.39 is 0 Å². The molecule has 3 nitrogen and oxygen atoms in total. The summed E-state index contributed by atoms with van der Waals surface area (Å²) in [5.74, 6) is 0.0797.